The normalized spacial score (nSPS) is 10.2. The number of halogens is 1. The van der Waals surface area contributed by atoms with E-state index < -0.39 is 5.97 Å². The molecule has 0 saturated heterocycles. The zero-order valence-corrected chi connectivity index (χ0v) is 12.5. The summed E-state index contributed by atoms with van der Waals surface area (Å²) in [5.41, 5.74) is 7.04. The smallest absolute Gasteiger partial charge is 0.343 e. The number of nitrogens with zero attached hydrogens (tertiary/aromatic N) is 1. The van der Waals surface area contributed by atoms with E-state index in [1.165, 1.54) is 12.3 Å². The summed E-state index contributed by atoms with van der Waals surface area (Å²) in [6.07, 6.45) is 1.42. The van der Waals surface area contributed by atoms with Gasteiger partial charge in [-0.3, -0.25) is 0 Å². The van der Waals surface area contributed by atoms with E-state index in [0.29, 0.717) is 16.5 Å². The number of benzene rings is 1. The van der Waals surface area contributed by atoms with E-state index in [0.717, 1.165) is 5.56 Å². The second-order valence-electron chi connectivity index (χ2n) is 4.35. The van der Waals surface area contributed by atoms with E-state index in [1.807, 2.05) is 6.92 Å². The highest BCUT2D eigenvalue weighted by atomic mass is 35.5. The third kappa shape index (κ3) is 3.64. The number of pyridine rings is 1. The molecule has 5 nitrogen and oxygen atoms in total. The molecule has 110 valence electrons. The fourth-order valence-electron chi connectivity index (χ4n) is 1.74. The number of nitrogens with two attached hydrogens (primary N) is 1. The van der Waals surface area contributed by atoms with E-state index in [1.54, 1.807) is 25.1 Å². The number of anilines is 1. The van der Waals surface area contributed by atoms with Gasteiger partial charge in [-0.2, -0.15) is 0 Å². The summed E-state index contributed by atoms with van der Waals surface area (Å²) < 4.78 is 10.7. The van der Waals surface area contributed by atoms with Gasteiger partial charge in [0.25, 0.3) is 0 Å². The molecule has 6 heteroatoms. The molecule has 0 saturated carbocycles. The van der Waals surface area contributed by atoms with Crippen LogP contribution < -0.4 is 10.5 Å². The van der Waals surface area contributed by atoms with Gasteiger partial charge in [0.1, 0.15) is 11.3 Å². The third-order valence-electron chi connectivity index (χ3n) is 2.71. The van der Waals surface area contributed by atoms with Gasteiger partial charge < -0.3 is 15.2 Å². The van der Waals surface area contributed by atoms with Crippen molar-refractivity contribution in [3.05, 3.63) is 46.6 Å². The lowest BCUT2D eigenvalue weighted by molar-refractivity contribution is 0.0522. The van der Waals surface area contributed by atoms with Gasteiger partial charge >= 0.3 is 5.97 Å². The van der Waals surface area contributed by atoms with Crippen molar-refractivity contribution in [2.45, 2.75) is 13.8 Å². The van der Waals surface area contributed by atoms with Gasteiger partial charge in [0.05, 0.1) is 18.5 Å². The fourth-order valence-corrected chi connectivity index (χ4v) is 1.96. The van der Waals surface area contributed by atoms with Crippen LogP contribution in [0.2, 0.25) is 5.02 Å². The summed E-state index contributed by atoms with van der Waals surface area (Å²) in [5.74, 6) is 0.175. The number of nitrogen functional groups attached to an aromatic ring is 1. The summed E-state index contributed by atoms with van der Waals surface area (Å²) in [5, 5.41) is 0.607. The standard InChI is InChI=1S/C15H15ClN2O3/c1-3-20-15(19)12-7-11(17)8-18-14(12)21-13-5-4-10(16)6-9(13)2/h4-8H,3,17H2,1-2H3. The van der Waals surface area contributed by atoms with E-state index in [-0.39, 0.29) is 18.1 Å². The molecule has 0 fully saturated rings. The topological polar surface area (TPSA) is 74.4 Å². The van der Waals surface area contributed by atoms with Gasteiger partial charge in [-0.1, -0.05) is 11.6 Å². The molecule has 0 spiro atoms. The first-order valence-corrected chi connectivity index (χ1v) is 6.75. The molecule has 0 radical (unpaired) electrons. The molecule has 1 aromatic carbocycles. The first-order chi connectivity index (χ1) is 10.0. The zero-order valence-electron chi connectivity index (χ0n) is 11.7. The van der Waals surface area contributed by atoms with Crippen LogP contribution in [0.25, 0.3) is 0 Å². The zero-order chi connectivity index (χ0) is 15.4. The highest BCUT2D eigenvalue weighted by Gasteiger charge is 2.17. The summed E-state index contributed by atoms with van der Waals surface area (Å²) in [6, 6.07) is 6.65. The summed E-state index contributed by atoms with van der Waals surface area (Å²) in [7, 11) is 0. The maximum Gasteiger partial charge on any atom is 0.343 e. The SMILES string of the molecule is CCOC(=O)c1cc(N)cnc1Oc1ccc(Cl)cc1C. The Balaban J connectivity index is 2.37. The number of carbonyl (C=O) groups excluding carboxylic acids is 1. The Morgan fingerprint density at radius 1 is 1.38 bits per heavy atom. The van der Waals surface area contributed by atoms with Crippen LogP contribution in [0.3, 0.4) is 0 Å². The molecule has 0 bridgehead atoms. The maximum absolute atomic E-state index is 11.9. The predicted octanol–water partition coefficient (Wildman–Crippen LogP) is 3.59. The monoisotopic (exact) mass is 306 g/mol. The molecule has 0 atom stereocenters. The van der Waals surface area contributed by atoms with Crippen molar-refractivity contribution >= 4 is 23.3 Å². The molecule has 0 unspecified atom stereocenters. The van der Waals surface area contributed by atoms with Crippen molar-refractivity contribution in [2.75, 3.05) is 12.3 Å². The Labute approximate surface area is 127 Å². The van der Waals surface area contributed by atoms with Gasteiger partial charge in [-0.05, 0) is 43.7 Å². The van der Waals surface area contributed by atoms with Crippen molar-refractivity contribution in [1.82, 2.24) is 4.98 Å². The van der Waals surface area contributed by atoms with E-state index in [4.69, 9.17) is 26.8 Å². The predicted molar refractivity (Wildman–Crippen MR) is 80.9 cm³/mol. The first-order valence-electron chi connectivity index (χ1n) is 6.38. The molecule has 2 N–H and O–H groups in total. The Morgan fingerprint density at radius 3 is 2.81 bits per heavy atom. The number of aromatic nitrogens is 1. The summed E-state index contributed by atoms with van der Waals surface area (Å²) in [6.45, 7) is 3.83. The van der Waals surface area contributed by atoms with E-state index in [9.17, 15) is 4.79 Å². The molecular weight excluding hydrogens is 292 g/mol. The lowest BCUT2D eigenvalue weighted by atomic mass is 10.2. The second kappa shape index (κ2) is 6.45. The molecule has 1 aromatic heterocycles. The lowest BCUT2D eigenvalue weighted by Crippen LogP contribution is -2.08. The van der Waals surface area contributed by atoms with Gasteiger partial charge in [0.2, 0.25) is 5.88 Å². The Kier molecular flexibility index (Phi) is 4.65. The molecule has 21 heavy (non-hydrogen) atoms. The number of rotatable bonds is 4. The van der Waals surface area contributed by atoms with Crippen molar-refractivity contribution in [1.29, 1.82) is 0 Å². The van der Waals surface area contributed by atoms with Crippen LogP contribution in [0.5, 0.6) is 11.6 Å². The molecular formula is C15H15ClN2O3. The van der Waals surface area contributed by atoms with Crippen LogP contribution in [0.1, 0.15) is 22.8 Å². The van der Waals surface area contributed by atoms with Crippen LogP contribution >= 0.6 is 11.6 Å². The minimum atomic E-state index is -0.529. The number of esters is 1. The van der Waals surface area contributed by atoms with Crippen molar-refractivity contribution < 1.29 is 14.3 Å². The average molecular weight is 307 g/mol. The van der Waals surface area contributed by atoms with E-state index in [2.05, 4.69) is 4.98 Å². The van der Waals surface area contributed by atoms with Gasteiger partial charge in [-0.15, -0.1) is 0 Å². The number of carbonyl (C=O) groups is 1. The average Bonchev–Trinajstić information content (AvgIpc) is 2.43. The van der Waals surface area contributed by atoms with Crippen LogP contribution in [0.4, 0.5) is 5.69 Å². The largest absolute Gasteiger partial charge is 0.462 e. The van der Waals surface area contributed by atoms with Gasteiger partial charge in [0, 0.05) is 5.02 Å². The quantitative estimate of drug-likeness (QED) is 0.874. The van der Waals surface area contributed by atoms with Crippen LogP contribution in [-0.4, -0.2) is 17.6 Å². The van der Waals surface area contributed by atoms with Crippen LogP contribution in [0.15, 0.2) is 30.5 Å². The number of ether oxygens (including phenoxy) is 2. The molecule has 0 aliphatic rings. The minimum Gasteiger partial charge on any atom is -0.462 e. The molecule has 2 rings (SSSR count). The summed E-state index contributed by atoms with van der Waals surface area (Å²) >= 11 is 5.90. The van der Waals surface area contributed by atoms with Gasteiger partial charge in [0.15, 0.2) is 0 Å². The Morgan fingerprint density at radius 2 is 2.14 bits per heavy atom. The molecule has 2 aromatic rings. The molecule has 0 aliphatic carbocycles. The second-order valence-corrected chi connectivity index (χ2v) is 4.79. The van der Waals surface area contributed by atoms with E-state index >= 15 is 0 Å². The van der Waals surface area contributed by atoms with Gasteiger partial charge in [-0.25, -0.2) is 9.78 Å². The van der Waals surface area contributed by atoms with Crippen molar-refractivity contribution in [3.8, 4) is 11.6 Å². The van der Waals surface area contributed by atoms with Crippen molar-refractivity contribution in [3.63, 3.8) is 0 Å². The highest BCUT2D eigenvalue weighted by Crippen LogP contribution is 2.29. The fraction of sp³-hybridized carbons (Fsp3) is 0.200. The Hall–Kier alpha value is -2.27. The summed E-state index contributed by atoms with van der Waals surface area (Å²) in [4.78, 5) is 16.0. The highest BCUT2D eigenvalue weighted by molar-refractivity contribution is 6.30. The minimum absolute atomic E-state index is 0.146. The lowest BCUT2D eigenvalue weighted by Gasteiger charge is -2.12. The van der Waals surface area contributed by atoms with Crippen molar-refractivity contribution in [2.24, 2.45) is 0 Å². The number of aryl methyl sites for hydroxylation is 1. The molecule has 0 amide bonds. The number of hydrogen-bond acceptors (Lipinski definition) is 5. The van der Waals surface area contributed by atoms with Crippen LogP contribution in [0, 0.1) is 6.92 Å². The Bertz CT molecular complexity index is 674. The maximum atomic E-state index is 11.9. The number of hydrogen-bond donors (Lipinski definition) is 1. The third-order valence-corrected chi connectivity index (χ3v) is 2.95. The molecule has 1 heterocycles. The first kappa shape index (κ1) is 15.1. The van der Waals surface area contributed by atoms with Crippen LogP contribution in [-0.2, 0) is 4.74 Å². The molecule has 0 aliphatic heterocycles.